The van der Waals surface area contributed by atoms with Crippen molar-refractivity contribution in [1.82, 2.24) is 9.97 Å². The zero-order valence-corrected chi connectivity index (χ0v) is 10.4. The molecule has 84 valence electrons. The Bertz CT molecular complexity index is 373. The highest BCUT2D eigenvalue weighted by Crippen LogP contribution is 2.07. The summed E-state index contributed by atoms with van der Waals surface area (Å²) in [6.45, 7) is 7.47. The predicted octanol–water partition coefficient (Wildman–Crippen LogP) is 2.94. The zero-order valence-electron chi connectivity index (χ0n) is 9.59. The van der Waals surface area contributed by atoms with Gasteiger partial charge in [0.15, 0.2) is 0 Å². The maximum absolute atomic E-state index is 5.42. The molecule has 0 bridgehead atoms. The molecule has 1 rings (SSSR count). The average Bonchev–Trinajstić information content (AvgIpc) is 2.23. The van der Waals surface area contributed by atoms with E-state index in [1.807, 2.05) is 6.92 Å². The molecule has 1 aromatic rings. The van der Waals surface area contributed by atoms with Crippen LogP contribution in [0, 0.1) is 11.6 Å². The fourth-order valence-corrected chi connectivity index (χ4v) is 1.60. The first-order valence-electron chi connectivity index (χ1n) is 5.35. The molecular formula is C11H18N2OS. The predicted molar refractivity (Wildman–Crippen MR) is 63.5 cm³/mol. The Morgan fingerprint density at radius 3 is 2.73 bits per heavy atom. The number of nitrogens with zero attached hydrogens (tertiary/aromatic N) is 1. The van der Waals surface area contributed by atoms with E-state index < -0.39 is 0 Å². The summed E-state index contributed by atoms with van der Waals surface area (Å²) in [5.41, 5.74) is 2.23. The van der Waals surface area contributed by atoms with Gasteiger partial charge < -0.3 is 9.72 Å². The molecular weight excluding hydrogens is 208 g/mol. The molecule has 0 aliphatic rings. The summed E-state index contributed by atoms with van der Waals surface area (Å²) in [5.74, 6) is 0.830. The van der Waals surface area contributed by atoms with Crippen molar-refractivity contribution < 1.29 is 4.74 Å². The maximum atomic E-state index is 5.42. The molecule has 1 heterocycles. The van der Waals surface area contributed by atoms with Crippen LogP contribution in [0.4, 0.5) is 0 Å². The molecule has 15 heavy (non-hydrogen) atoms. The van der Waals surface area contributed by atoms with Crippen LogP contribution < -0.4 is 0 Å². The fraction of sp³-hybridized carbons (Fsp3) is 0.636. The van der Waals surface area contributed by atoms with E-state index in [2.05, 4.69) is 23.8 Å². The monoisotopic (exact) mass is 226 g/mol. The number of aromatic amines is 1. The summed E-state index contributed by atoms with van der Waals surface area (Å²) >= 11 is 5.19. The van der Waals surface area contributed by atoms with Gasteiger partial charge >= 0.3 is 0 Å². The second kappa shape index (κ2) is 5.98. The highest BCUT2D eigenvalue weighted by Gasteiger charge is 2.02. The van der Waals surface area contributed by atoms with Crippen molar-refractivity contribution in [3.63, 3.8) is 0 Å². The summed E-state index contributed by atoms with van der Waals surface area (Å²) in [4.78, 5) is 7.55. The molecule has 0 atom stereocenters. The van der Waals surface area contributed by atoms with E-state index in [9.17, 15) is 0 Å². The van der Waals surface area contributed by atoms with Crippen molar-refractivity contribution in [1.29, 1.82) is 0 Å². The number of H-pyrrole nitrogens is 1. The second-order valence-electron chi connectivity index (χ2n) is 3.50. The molecule has 4 heteroatoms. The minimum atomic E-state index is 0.519. The van der Waals surface area contributed by atoms with Gasteiger partial charge in [0.1, 0.15) is 17.1 Å². The Labute approximate surface area is 95.9 Å². The zero-order chi connectivity index (χ0) is 11.3. The summed E-state index contributed by atoms with van der Waals surface area (Å²) in [7, 11) is 0. The molecule has 0 aliphatic heterocycles. The van der Waals surface area contributed by atoms with E-state index in [-0.39, 0.29) is 0 Å². The van der Waals surface area contributed by atoms with Gasteiger partial charge in [0.05, 0.1) is 0 Å². The number of rotatable bonds is 5. The Hall–Kier alpha value is -0.740. The van der Waals surface area contributed by atoms with Gasteiger partial charge in [-0.2, -0.15) is 0 Å². The third-order valence-corrected chi connectivity index (χ3v) is 2.64. The average molecular weight is 226 g/mol. The van der Waals surface area contributed by atoms with Crippen LogP contribution in [0.2, 0.25) is 0 Å². The molecule has 0 fully saturated rings. The first-order valence-corrected chi connectivity index (χ1v) is 5.76. The van der Waals surface area contributed by atoms with Gasteiger partial charge in [-0.25, -0.2) is 4.98 Å². The standard InChI is InChI=1S/C11H18N2OS/c1-4-6-14-7-10-12-9(5-2)8(3)11(15)13-10/h4-7H2,1-3H3,(H,12,13,15). The van der Waals surface area contributed by atoms with Crippen molar-refractivity contribution in [2.45, 2.75) is 40.2 Å². The van der Waals surface area contributed by atoms with Crippen LogP contribution in [0.5, 0.6) is 0 Å². The quantitative estimate of drug-likeness (QED) is 0.619. The lowest BCUT2D eigenvalue weighted by Gasteiger charge is -2.07. The fourth-order valence-electron chi connectivity index (χ4n) is 1.37. The Balaban J connectivity index is 2.82. The molecule has 0 spiro atoms. The van der Waals surface area contributed by atoms with E-state index in [0.717, 1.165) is 36.5 Å². The van der Waals surface area contributed by atoms with Crippen LogP contribution in [-0.4, -0.2) is 16.6 Å². The molecule has 1 N–H and O–H groups in total. The summed E-state index contributed by atoms with van der Waals surface area (Å²) < 4.78 is 6.10. The molecule has 0 saturated carbocycles. The summed E-state index contributed by atoms with van der Waals surface area (Å²) in [6, 6.07) is 0. The van der Waals surface area contributed by atoms with E-state index in [0.29, 0.717) is 11.2 Å². The van der Waals surface area contributed by atoms with Gasteiger partial charge in [-0.15, -0.1) is 0 Å². The molecule has 0 aromatic carbocycles. The first kappa shape index (κ1) is 12.3. The minimum absolute atomic E-state index is 0.519. The number of ether oxygens (including phenoxy) is 1. The smallest absolute Gasteiger partial charge is 0.134 e. The summed E-state index contributed by atoms with van der Waals surface area (Å²) in [5, 5.41) is 0. The highest BCUT2D eigenvalue weighted by molar-refractivity contribution is 7.71. The molecule has 3 nitrogen and oxygen atoms in total. The van der Waals surface area contributed by atoms with E-state index in [4.69, 9.17) is 17.0 Å². The van der Waals surface area contributed by atoms with Crippen molar-refractivity contribution in [3.05, 3.63) is 21.7 Å². The number of hydrogen-bond acceptors (Lipinski definition) is 3. The minimum Gasteiger partial charge on any atom is -0.374 e. The van der Waals surface area contributed by atoms with Crippen molar-refractivity contribution in [2.75, 3.05) is 6.61 Å². The van der Waals surface area contributed by atoms with Crippen LogP contribution in [0.3, 0.4) is 0 Å². The van der Waals surface area contributed by atoms with Crippen molar-refractivity contribution >= 4 is 12.2 Å². The molecule has 0 amide bonds. The number of aryl methyl sites for hydroxylation is 1. The third-order valence-electron chi connectivity index (χ3n) is 2.25. The number of hydrogen-bond donors (Lipinski definition) is 1. The highest BCUT2D eigenvalue weighted by atomic mass is 32.1. The summed E-state index contributed by atoms with van der Waals surface area (Å²) in [6.07, 6.45) is 1.96. The van der Waals surface area contributed by atoms with Crippen molar-refractivity contribution in [2.24, 2.45) is 0 Å². The van der Waals surface area contributed by atoms with Gasteiger partial charge in [-0.3, -0.25) is 0 Å². The maximum Gasteiger partial charge on any atom is 0.134 e. The van der Waals surface area contributed by atoms with E-state index in [1.54, 1.807) is 0 Å². The van der Waals surface area contributed by atoms with Crippen LogP contribution in [0.25, 0.3) is 0 Å². The van der Waals surface area contributed by atoms with E-state index >= 15 is 0 Å². The molecule has 0 saturated heterocycles. The molecule has 1 aromatic heterocycles. The number of nitrogens with one attached hydrogen (secondary N) is 1. The Morgan fingerprint density at radius 2 is 2.13 bits per heavy atom. The van der Waals surface area contributed by atoms with Gasteiger partial charge in [-0.1, -0.05) is 26.1 Å². The largest absolute Gasteiger partial charge is 0.374 e. The molecule has 0 aliphatic carbocycles. The van der Waals surface area contributed by atoms with Crippen LogP contribution in [0.1, 0.15) is 37.4 Å². The van der Waals surface area contributed by atoms with Crippen molar-refractivity contribution in [3.8, 4) is 0 Å². The van der Waals surface area contributed by atoms with E-state index in [1.165, 1.54) is 0 Å². The lowest BCUT2D eigenvalue weighted by atomic mass is 10.2. The SMILES string of the molecule is CCCOCc1nc(=S)c(C)c(CC)[nH]1. The Morgan fingerprint density at radius 1 is 1.40 bits per heavy atom. The lowest BCUT2D eigenvalue weighted by molar-refractivity contribution is 0.116. The third kappa shape index (κ3) is 3.39. The molecule has 0 unspecified atom stereocenters. The topological polar surface area (TPSA) is 37.9 Å². The normalized spacial score (nSPS) is 10.6. The van der Waals surface area contributed by atoms with Crippen LogP contribution in [0.15, 0.2) is 0 Å². The van der Waals surface area contributed by atoms with Gasteiger partial charge in [0.2, 0.25) is 0 Å². The Kier molecular flexibility index (Phi) is 4.91. The second-order valence-corrected chi connectivity index (χ2v) is 3.89. The van der Waals surface area contributed by atoms with Gasteiger partial charge in [0, 0.05) is 17.9 Å². The van der Waals surface area contributed by atoms with Crippen LogP contribution in [-0.2, 0) is 17.8 Å². The van der Waals surface area contributed by atoms with Gasteiger partial charge in [-0.05, 0) is 19.8 Å². The lowest BCUT2D eigenvalue weighted by Crippen LogP contribution is -2.05. The molecule has 0 radical (unpaired) electrons. The van der Waals surface area contributed by atoms with Gasteiger partial charge in [0.25, 0.3) is 0 Å². The van der Waals surface area contributed by atoms with Crippen LogP contribution >= 0.6 is 12.2 Å². The first-order chi connectivity index (χ1) is 7.19. The number of aromatic nitrogens is 2.